The number of hydrogen-bond acceptors (Lipinski definition) is 4. The van der Waals surface area contributed by atoms with Crippen LogP contribution in [0.15, 0.2) is 47.4 Å². The fourth-order valence-corrected chi connectivity index (χ4v) is 3.69. The molecule has 7 heteroatoms. The molecule has 0 spiro atoms. The molecule has 0 aromatic heterocycles. The van der Waals surface area contributed by atoms with Crippen molar-refractivity contribution >= 4 is 16.0 Å². The zero-order valence-corrected chi connectivity index (χ0v) is 13.7. The highest BCUT2D eigenvalue weighted by Gasteiger charge is 2.18. The number of fused-ring (bicyclic) bond motifs is 1. The molecule has 1 aliphatic rings. The van der Waals surface area contributed by atoms with Crippen LogP contribution in [0.2, 0.25) is 0 Å². The first-order valence-corrected chi connectivity index (χ1v) is 9.02. The van der Waals surface area contributed by atoms with Crippen LogP contribution in [-0.4, -0.2) is 32.6 Å². The zero-order chi connectivity index (χ0) is 17.2. The summed E-state index contributed by atoms with van der Waals surface area (Å²) in [4.78, 5) is 11.2. The molecule has 0 unspecified atom stereocenters. The van der Waals surface area contributed by atoms with Crippen LogP contribution in [0.4, 0.5) is 0 Å². The SMILES string of the molecule is O=C(O)c1cccc(CCNS(=O)(=O)c2ccc3c(c2)CCO3)c1. The molecule has 0 bridgehead atoms. The Morgan fingerprint density at radius 2 is 2.04 bits per heavy atom. The first-order valence-electron chi connectivity index (χ1n) is 7.53. The van der Waals surface area contributed by atoms with Gasteiger partial charge in [0.15, 0.2) is 0 Å². The molecule has 0 saturated carbocycles. The Hall–Kier alpha value is -2.38. The van der Waals surface area contributed by atoms with Gasteiger partial charge in [-0.15, -0.1) is 0 Å². The second kappa shape index (κ2) is 6.62. The van der Waals surface area contributed by atoms with E-state index in [9.17, 15) is 13.2 Å². The number of sulfonamides is 1. The fourth-order valence-electron chi connectivity index (χ4n) is 2.60. The van der Waals surface area contributed by atoms with Crippen molar-refractivity contribution in [1.29, 1.82) is 0 Å². The Labute approximate surface area is 140 Å². The summed E-state index contributed by atoms with van der Waals surface area (Å²) in [5, 5.41) is 8.97. The number of aromatic carboxylic acids is 1. The van der Waals surface area contributed by atoms with Crippen molar-refractivity contribution in [2.75, 3.05) is 13.2 Å². The summed E-state index contributed by atoms with van der Waals surface area (Å²) in [5.41, 5.74) is 1.85. The third kappa shape index (κ3) is 3.58. The van der Waals surface area contributed by atoms with Crippen LogP contribution < -0.4 is 9.46 Å². The van der Waals surface area contributed by atoms with E-state index in [4.69, 9.17) is 9.84 Å². The van der Waals surface area contributed by atoms with Crippen molar-refractivity contribution in [2.24, 2.45) is 0 Å². The van der Waals surface area contributed by atoms with Gasteiger partial charge in [-0.2, -0.15) is 0 Å². The smallest absolute Gasteiger partial charge is 0.335 e. The molecule has 0 saturated heterocycles. The van der Waals surface area contributed by atoms with Gasteiger partial charge in [-0.3, -0.25) is 0 Å². The second-order valence-corrected chi connectivity index (χ2v) is 7.29. The number of rotatable bonds is 6. The summed E-state index contributed by atoms with van der Waals surface area (Å²) in [6.45, 7) is 0.769. The van der Waals surface area contributed by atoms with Crippen molar-refractivity contribution in [1.82, 2.24) is 4.72 Å². The van der Waals surface area contributed by atoms with Crippen LogP contribution in [0.25, 0.3) is 0 Å². The van der Waals surface area contributed by atoms with Crippen LogP contribution in [-0.2, 0) is 22.9 Å². The lowest BCUT2D eigenvalue weighted by Gasteiger charge is -2.08. The summed E-state index contributed by atoms with van der Waals surface area (Å²) < 4.78 is 32.6. The van der Waals surface area contributed by atoms with E-state index in [1.807, 2.05) is 0 Å². The normalized spacial score (nSPS) is 13.3. The van der Waals surface area contributed by atoms with Crippen molar-refractivity contribution in [2.45, 2.75) is 17.7 Å². The third-order valence-electron chi connectivity index (χ3n) is 3.85. The van der Waals surface area contributed by atoms with Gasteiger partial charge in [-0.1, -0.05) is 12.1 Å². The Morgan fingerprint density at radius 3 is 2.83 bits per heavy atom. The number of carbonyl (C=O) groups is 1. The summed E-state index contributed by atoms with van der Waals surface area (Å²) in [6, 6.07) is 11.3. The van der Waals surface area contributed by atoms with Crippen LogP contribution in [0, 0.1) is 0 Å². The lowest BCUT2D eigenvalue weighted by atomic mass is 10.1. The molecule has 1 aliphatic heterocycles. The molecule has 24 heavy (non-hydrogen) atoms. The quantitative estimate of drug-likeness (QED) is 0.832. The molecule has 126 valence electrons. The average molecular weight is 347 g/mol. The van der Waals surface area contributed by atoms with Gasteiger partial charge in [0.1, 0.15) is 5.75 Å². The molecule has 0 atom stereocenters. The molecule has 0 aliphatic carbocycles. The fraction of sp³-hybridized carbons (Fsp3) is 0.235. The van der Waals surface area contributed by atoms with Crippen molar-refractivity contribution in [3.63, 3.8) is 0 Å². The lowest BCUT2D eigenvalue weighted by molar-refractivity contribution is 0.0696. The van der Waals surface area contributed by atoms with Gasteiger partial charge in [0.2, 0.25) is 10.0 Å². The van der Waals surface area contributed by atoms with Crippen LogP contribution in [0.1, 0.15) is 21.5 Å². The van der Waals surface area contributed by atoms with Gasteiger partial charge in [0.05, 0.1) is 17.1 Å². The van der Waals surface area contributed by atoms with Crippen LogP contribution in [0.5, 0.6) is 5.75 Å². The van der Waals surface area contributed by atoms with Crippen LogP contribution >= 0.6 is 0 Å². The highest BCUT2D eigenvalue weighted by atomic mass is 32.2. The maximum absolute atomic E-state index is 12.4. The lowest BCUT2D eigenvalue weighted by Crippen LogP contribution is -2.26. The molecule has 3 rings (SSSR count). The van der Waals surface area contributed by atoms with Gasteiger partial charge in [-0.05, 0) is 47.9 Å². The molecular weight excluding hydrogens is 330 g/mol. The third-order valence-corrected chi connectivity index (χ3v) is 5.31. The maximum Gasteiger partial charge on any atom is 0.335 e. The maximum atomic E-state index is 12.4. The Kier molecular flexibility index (Phi) is 4.55. The standard InChI is InChI=1S/C17H17NO5S/c19-17(20)14-3-1-2-12(10-14)6-8-18-24(21,22)15-4-5-16-13(11-15)7-9-23-16/h1-5,10-11,18H,6-9H2,(H,19,20). The Bertz CT molecular complexity index is 876. The highest BCUT2D eigenvalue weighted by Crippen LogP contribution is 2.27. The zero-order valence-electron chi connectivity index (χ0n) is 12.9. The summed E-state index contributed by atoms with van der Waals surface area (Å²) >= 11 is 0. The number of nitrogens with one attached hydrogen (secondary N) is 1. The van der Waals surface area contributed by atoms with Gasteiger partial charge < -0.3 is 9.84 Å². The second-order valence-electron chi connectivity index (χ2n) is 5.52. The van der Waals surface area contributed by atoms with Crippen LogP contribution in [0.3, 0.4) is 0 Å². The number of carboxylic acid groups (broad SMARTS) is 1. The summed E-state index contributed by atoms with van der Waals surface area (Å²) in [7, 11) is -3.60. The van der Waals surface area contributed by atoms with E-state index in [2.05, 4.69) is 4.72 Å². The Morgan fingerprint density at radius 1 is 1.21 bits per heavy atom. The van der Waals surface area contributed by atoms with Crippen molar-refractivity contribution in [3.05, 3.63) is 59.2 Å². The van der Waals surface area contributed by atoms with E-state index in [0.29, 0.717) is 19.4 Å². The van der Waals surface area contributed by atoms with Gasteiger partial charge in [0, 0.05) is 13.0 Å². The largest absolute Gasteiger partial charge is 0.493 e. The van der Waals surface area contributed by atoms with Crippen molar-refractivity contribution in [3.8, 4) is 5.75 Å². The first kappa shape index (κ1) is 16.5. The average Bonchev–Trinajstić information content (AvgIpc) is 3.02. The molecular formula is C17H17NO5S. The van der Waals surface area contributed by atoms with E-state index in [1.165, 1.54) is 12.1 Å². The van der Waals surface area contributed by atoms with Gasteiger partial charge in [-0.25, -0.2) is 17.9 Å². The molecule has 2 N–H and O–H groups in total. The van der Waals surface area contributed by atoms with Gasteiger partial charge in [0.25, 0.3) is 0 Å². The molecule has 2 aromatic carbocycles. The van der Waals surface area contributed by atoms with E-state index in [1.54, 1.807) is 30.3 Å². The molecule has 6 nitrogen and oxygen atoms in total. The topological polar surface area (TPSA) is 92.7 Å². The van der Waals surface area contributed by atoms with E-state index in [0.717, 1.165) is 16.9 Å². The molecule has 0 amide bonds. The summed E-state index contributed by atoms with van der Waals surface area (Å²) in [6.07, 6.45) is 1.12. The van der Waals surface area contributed by atoms with E-state index >= 15 is 0 Å². The molecule has 2 aromatic rings. The molecule has 1 heterocycles. The predicted molar refractivity (Wildman–Crippen MR) is 87.9 cm³/mol. The first-order chi connectivity index (χ1) is 11.5. The van der Waals surface area contributed by atoms with E-state index in [-0.39, 0.29) is 17.0 Å². The number of benzene rings is 2. The number of hydrogen-bond donors (Lipinski definition) is 2. The highest BCUT2D eigenvalue weighted by molar-refractivity contribution is 7.89. The molecule has 0 radical (unpaired) electrons. The minimum atomic E-state index is -3.60. The van der Waals surface area contributed by atoms with E-state index < -0.39 is 16.0 Å². The predicted octanol–water partition coefficient (Wildman–Crippen LogP) is 1.84. The van der Waals surface area contributed by atoms with Crippen molar-refractivity contribution < 1.29 is 23.1 Å². The minimum Gasteiger partial charge on any atom is -0.493 e. The summed E-state index contributed by atoms with van der Waals surface area (Å²) in [5.74, 6) is -0.266. The number of ether oxygens (including phenoxy) is 1. The minimum absolute atomic E-state index is 0.189. The Balaban J connectivity index is 1.65. The number of carboxylic acids is 1. The monoisotopic (exact) mass is 347 g/mol. The van der Waals surface area contributed by atoms with Gasteiger partial charge >= 0.3 is 5.97 Å². The molecule has 0 fully saturated rings.